The smallest absolute Gasteiger partial charge is 0.317 e. The maximum atomic E-state index is 12.5. The summed E-state index contributed by atoms with van der Waals surface area (Å²) in [5.41, 5.74) is 1.06. The van der Waals surface area contributed by atoms with Gasteiger partial charge in [-0.1, -0.05) is 25.0 Å². The van der Waals surface area contributed by atoms with Crippen molar-refractivity contribution in [3.63, 3.8) is 0 Å². The Kier molecular flexibility index (Phi) is 6.17. The number of rotatable bonds is 4. The van der Waals surface area contributed by atoms with Crippen LogP contribution < -0.4 is 5.32 Å². The molecule has 1 saturated carbocycles. The summed E-state index contributed by atoms with van der Waals surface area (Å²) in [5.74, 6) is 0.369. The normalized spacial score (nSPS) is 29.6. The van der Waals surface area contributed by atoms with Crippen LogP contribution in [0.15, 0.2) is 12.2 Å². The first-order valence-electron chi connectivity index (χ1n) is 9.69. The van der Waals surface area contributed by atoms with Crippen molar-refractivity contribution >= 4 is 6.03 Å². The molecule has 24 heavy (non-hydrogen) atoms. The molecule has 3 fully saturated rings. The topological polar surface area (TPSA) is 44.8 Å². The molecule has 2 unspecified atom stereocenters. The molecule has 2 heterocycles. The van der Waals surface area contributed by atoms with Crippen LogP contribution in [-0.4, -0.2) is 67.3 Å². The number of carbonyl (C=O) groups is 1. The summed E-state index contributed by atoms with van der Waals surface area (Å²) in [7, 11) is 0. The number of nitrogens with one attached hydrogen (secondary N) is 1. The molecule has 0 aromatic heterocycles. The molecule has 2 aliphatic heterocycles. The highest BCUT2D eigenvalue weighted by atomic mass is 16.5. The zero-order valence-corrected chi connectivity index (χ0v) is 15.1. The molecule has 3 rings (SSSR count). The third-order valence-electron chi connectivity index (χ3n) is 5.87. The summed E-state index contributed by atoms with van der Waals surface area (Å²) in [6.45, 7) is 11.4. The maximum absolute atomic E-state index is 12.5. The Bertz CT molecular complexity index is 448. The van der Waals surface area contributed by atoms with Crippen LogP contribution in [0.1, 0.15) is 45.4 Å². The molecular formula is C19H33N3O2. The van der Waals surface area contributed by atoms with Crippen molar-refractivity contribution in [2.45, 2.75) is 57.6 Å². The molecule has 0 spiro atoms. The first kappa shape index (κ1) is 17.7. The number of carbonyl (C=O) groups excluding carboxylic acids is 1. The van der Waals surface area contributed by atoms with Gasteiger partial charge in [-0.2, -0.15) is 0 Å². The van der Waals surface area contributed by atoms with Crippen molar-refractivity contribution in [3.8, 4) is 0 Å². The molecular weight excluding hydrogens is 302 g/mol. The van der Waals surface area contributed by atoms with E-state index in [-0.39, 0.29) is 12.1 Å². The molecule has 5 nitrogen and oxygen atoms in total. The molecule has 5 heteroatoms. The molecule has 1 aliphatic carbocycles. The number of ether oxygens (including phenoxy) is 1. The zero-order chi connectivity index (χ0) is 16.9. The SMILES string of the molecule is C=C(C)C1OCCC1CNC(=O)N1CCCN(C2CCCC2)CC1. The fourth-order valence-electron chi connectivity index (χ4n) is 4.49. The average molecular weight is 335 g/mol. The van der Waals surface area contributed by atoms with Gasteiger partial charge in [0, 0.05) is 51.3 Å². The lowest BCUT2D eigenvalue weighted by molar-refractivity contribution is 0.118. The molecule has 3 aliphatic rings. The standard InChI is InChI=1S/C19H33N3O2/c1-15(2)18-16(8-13-24-18)14-20-19(23)22-10-5-9-21(11-12-22)17-6-3-4-7-17/h16-18H,1,3-14H2,2H3,(H,20,23). The van der Waals surface area contributed by atoms with Crippen LogP contribution in [0.2, 0.25) is 0 Å². The Labute approximate surface area is 146 Å². The summed E-state index contributed by atoms with van der Waals surface area (Å²) < 4.78 is 5.72. The van der Waals surface area contributed by atoms with E-state index in [1.807, 2.05) is 11.8 Å². The molecule has 136 valence electrons. The van der Waals surface area contributed by atoms with Crippen molar-refractivity contribution in [2.75, 3.05) is 39.3 Å². The van der Waals surface area contributed by atoms with Crippen molar-refractivity contribution < 1.29 is 9.53 Å². The predicted octanol–water partition coefficient (Wildman–Crippen LogP) is 2.63. The van der Waals surface area contributed by atoms with Gasteiger partial charge in [-0.25, -0.2) is 4.79 Å². The van der Waals surface area contributed by atoms with Gasteiger partial charge in [0.15, 0.2) is 0 Å². The lowest BCUT2D eigenvalue weighted by atomic mass is 9.97. The second-order valence-electron chi connectivity index (χ2n) is 7.69. The van der Waals surface area contributed by atoms with Crippen LogP contribution in [0.3, 0.4) is 0 Å². The fraction of sp³-hybridized carbons (Fsp3) is 0.842. The maximum Gasteiger partial charge on any atom is 0.317 e. The van der Waals surface area contributed by atoms with Crippen molar-refractivity contribution in [2.24, 2.45) is 5.92 Å². The fourth-order valence-corrected chi connectivity index (χ4v) is 4.49. The van der Waals surface area contributed by atoms with E-state index in [1.165, 1.54) is 25.7 Å². The molecule has 0 aromatic rings. The van der Waals surface area contributed by atoms with E-state index in [9.17, 15) is 4.79 Å². The molecule has 0 bridgehead atoms. The highest BCUT2D eigenvalue weighted by Crippen LogP contribution is 2.26. The number of hydrogen-bond donors (Lipinski definition) is 1. The van der Waals surface area contributed by atoms with E-state index in [0.29, 0.717) is 12.5 Å². The minimum Gasteiger partial charge on any atom is -0.374 e. The van der Waals surface area contributed by atoms with Gasteiger partial charge in [-0.3, -0.25) is 4.90 Å². The van der Waals surface area contributed by atoms with Crippen LogP contribution in [0, 0.1) is 5.92 Å². The summed E-state index contributed by atoms with van der Waals surface area (Å²) in [6.07, 6.45) is 7.63. The van der Waals surface area contributed by atoms with Crippen molar-refractivity contribution in [1.29, 1.82) is 0 Å². The highest BCUT2D eigenvalue weighted by Gasteiger charge is 2.30. The number of urea groups is 1. The van der Waals surface area contributed by atoms with E-state index in [2.05, 4.69) is 16.8 Å². The second kappa shape index (κ2) is 8.34. The third kappa shape index (κ3) is 4.31. The summed E-state index contributed by atoms with van der Waals surface area (Å²) in [4.78, 5) is 17.2. The van der Waals surface area contributed by atoms with Crippen molar-refractivity contribution in [1.82, 2.24) is 15.1 Å². The quantitative estimate of drug-likeness (QED) is 0.803. The van der Waals surface area contributed by atoms with Crippen LogP contribution in [0.25, 0.3) is 0 Å². The van der Waals surface area contributed by atoms with E-state index in [1.54, 1.807) is 0 Å². The molecule has 2 saturated heterocycles. The summed E-state index contributed by atoms with van der Waals surface area (Å²) in [5, 5.41) is 3.14. The van der Waals surface area contributed by atoms with Gasteiger partial charge in [0.2, 0.25) is 0 Å². The van der Waals surface area contributed by atoms with Crippen LogP contribution in [0.4, 0.5) is 4.79 Å². The Morgan fingerprint density at radius 3 is 2.67 bits per heavy atom. The van der Waals surface area contributed by atoms with E-state index < -0.39 is 0 Å². The monoisotopic (exact) mass is 335 g/mol. The minimum atomic E-state index is 0.0932. The van der Waals surface area contributed by atoms with Crippen LogP contribution >= 0.6 is 0 Å². The van der Waals surface area contributed by atoms with E-state index in [4.69, 9.17) is 4.74 Å². The second-order valence-corrected chi connectivity index (χ2v) is 7.69. The highest BCUT2D eigenvalue weighted by molar-refractivity contribution is 5.74. The van der Waals surface area contributed by atoms with E-state index in [0.717, 1.165) is 57.2 Å². The number of amides is 2. The van der Waals surface area contributed by atoms with Crippen molar-refractivity contribution in [3.05, 3.63) is 12.2 Å². The average Bonchev–Trinajstić information content (AvgIpc) is 3.20. The zero-order valence-electron chi connectivity index (χ0n) is 15.1. The van der Waals surface area contributed by atoms with Gasteiger partial charge in [-0.05, 0) is 32.6 Å². The number of nitrogens with zero attached hydrogens (tertiary/aromatic N) is 2. The van der Waals surface area contributed by atoms with Gasteiger partial charge < -0.3 is 15.0 Å². The van der Waals surface area contributed by atoms with Gasteiger partial charge in [0.05, 0.1) is 6.10 Å². The third-order valence-corrected chi connectivity index (χ3v) is 5.87. The van der Waals surface area contributed by atoms with Gasteiger partial charge in [0.25, 0.3) is 0 Å². The summed E-state index contributed by atoms with van der Waals surface area (Å²) in [6, 6.07) is 0.857. The largest absolute Gasteiger partial charge is 0.374 e. The Morgan fingerprint density at radius 2 is 1.92 bits per heavy atom. The lowest BCUT2D eigenvalue weighted by Gasteiger charge is -2.27. The first-order chi connectivity index (χ1) is 11.6. The Morgan fingerprint density at radius 1 is 1.12 bits per heavy atom. The number of hydrogen-bond acceptors (Lipinski definition) is 3. The van der Waals surface area contributed by atoms with Crippen LogP contribution in [0.5, 0.6) is 0 Å². The van der Waals surface area contributed by atoms with Gasteiger partial charge in [0.1, 0.15) is 0 Å². The molecule has 1 N–H and O–H groups in total. The van der Waals surface area contributed by atoms with Gasteiger partial charge >= 0.3 is 6.03 Å². The van der Waals surface area contributed by atoms with Crippen LogP contribution in [-0.2, 0) is 4.74 Å². The summed E-state index contributed by atoms with van der Waals surface area (Å²) >= 11 is 0. The Hall–Kier alpha value is -1.07. The molecule has 2 amide bonds. The predicted molar refractivity (Wildman–Crippen MR) is 96.1 cm³/mol. The molecule has 0 radical (unpaired) electrons. The lowest BCUT2D eigenvalue weighted by Crippen LogP contribution is -2.45. The molecule has 2 atom stereocenters. The minimum absolute atomic E-state index is 0.0932. The van der Waals surface area contributed by atoms with E-state index >= 15 is 0 Å². The Balaban J connectivity index is 1.44. The first-order valence-corrected chi connectivity index (χ1v) is 9.69. The van der Waals surface area contributed by atoms with Gasteiger partial charge in [-0.15, -0.1) is 0 Å². The molecule has 0 aromatic carbocycles.